The minimum Gasteiger partial charge on any atom is -0.477 e. The van der Waals surface area contributed by atoms with Crippen LogP contribution in [0.15, 0.2) is 35.2 Å². The summed E-state index contributed by atoms with van der Waals surface area (Å²) in [4.78, 5) is 9.07. The number of pyridine rings is 2. The molecule has 0 spiro atoms. The van der Waals surface area contributed by atoms with Gasteiger partial charge >= 0.3 is 0 Å². The van der Waals surface area contributed by atoms with Gasteiger partial charge in [-0.1, -0.05) is 0 Å². The van der Waals surface area contributed by atoms with Gasteiger partial charge < -0.3 is 25.2 Å². The fourth-order valence-corrected chi connectivity index (χ4v) is 2.81. The molecule has 3 aromatic heterocycles. The highest BCUT2D eigenvalue weighted by Crippen LogP contribution is 2.34. The van der Waals surface area contributed by atoms with E-state index in [4.69, 9.17) is 19.5 Å². The van der Waals surface area contributed by atoms with Crippen molar-refractivity contribution in [2.45, 2.75) is 40.3 Å². The fourth-order valence-electron chi connectivity index (χ4n) is 2.81. The SMILES string of the molecule is CCOc1ncccc1-c1cc(NCc2nnco2)c(NC(C)C)c(C(C)=N)n1. The summed E-state index contributed by atoms with van der Waals surface area (Å²) in [5.74, 6) is 0.965. The van der Waals surface area contributed by atoms with Gasteiger partial charge in [-0.05, 0) is 45.9 Å². The first-order valence-electron chi connectivity index (χ1n) is 9.43. The van der Waals surface area contributed by atoms with Gasteiger partial charge in [0.25, 0.3) is 0 Å². The lowest BCUT2D eigenvalue weighted by Gasteiger charge is -2.20. The van der Waals surface area contributed by atoms with E-state index in [0.29, 0.717) is 42.0 Å². The molecule has 152 valence electrons. The summed E-state index contributed by atoms with van der Waals surface area (Å²) < 4.78 is 10.9. The molecular weight excluding hydrogens is 370 g/mol. The lowest BCUT2D eigenvalue weighted by Crippen LogP contribution is -2.17. The normalized spacial score (nSPS) is 10.8. The Kier molecular flexibility index (Phi) is 6.38. The summed E-state index contributed by atoms with van der Waals surface area (Å²) in [7, 11) is 0. The van der Waals surface area contributed by atoms with Gasteiger partial charge in [-0.3, -0.25) is 0 Å². The highest BCUT2D eigenvalue weighted by Gasteiger charge is 2.19. The summed E-state index contributed by atoms with van der Waals surface area (Å²) in [5, 5.41) is 22.6. The van der Waals surface area contributed by atoms with Crippen molar-refractivity contribution >= 4 is 17.1 Å². The molecule has 0 amide bonds. The third-order valence-electron chi connectivity index (χ3n) is 3.97. The van der Waals surface area contributed by atoms with Crippen LogP contribution in [0, 0.1) is 5.41 Å². The molecule has 0 radical (unpaired) electrons. The Morgan fingerprint density at radius 1 is 1.34 bits per heavy atom. The minimum atomic E-state index is 0.155. The largest absolute Gasteiger partial charge is 0.477 e. The highest BCUT2D eigenvalue weighted by molar-refractivity contribution is 6.03. The maximum Gasteiger partial charge on any atom is 0.235 e. The second-order valence-corrected chi connectivity index (χ2v) is 6.68. The van der Waals surface area contributed by atoms with Gasteiger partial charge in [-0.25, -0.2) is 9.97 Å². The quantitative estimate of drug-likeness (QED) is 0.468. The third-order valence-corrected chi connectivity index (χ3v) is 3.97. The number of anilines is 2. The number of rotatable bonds is 9. The second-order valence-electron chi connectivity index (χ2n) is 6.68. The van der Waals surface area contributed by atoms with Crippen LogP contribution in [0.5, 0.6) is 5.88 Å². The van der Waals surface area contributed by atoms with Gasteiger partial charge in [-0.15, -0.1) is 10.2 Å². The molecule has 3 rings (SSSR count). The van der Waals surface area contributed by atoms with E-state index in [0.717, 1.165) is 16.9 Å². The first kappa shape index (κ1) is 20.2. The smallest absolute Gasteiger partial charge is 0.235 e. The molecule has 9 nitrogen and oxygen atoms in total. The first-order valence-corrected chi connectivity index (χ1v) is 9.43. The first-order chi connectivity index (χ1) is 14.0. The van der Waals surface area contributed by atoms with Crippen molar-refractivity contribution in [2.24, 2.45) is 0 Å². The van der Waals surface area contributed by atoms with Gasteiger partial charge in [-0.2, -0.15) is 0 Å². The van der Waals surface area contributed by atoms with Crippen molar-refractivity contribution in [1.29, 1.82) is 5.41 Å². The molecule has 3 aromatic rings. The molecule has 3 heterocycles. The van der Waals surface area contributed by atoms with Crippen molar-refractivity contribution in [3.05, 3.63) is 42.4 Å². The van der Waals surface area contributed by atoms with Crippen LogP contribution in [-0.2, 0) is 6.54 Å². The molecule has 0 aliphatic heterocycles. The van der Waals surface area contributed by atoms with Crippen molar-refractivity contribution in [1.82, 2.24) is 20.2 Å². The number of hydrogen-bond acceptors (Lipinski definition) is 9. The van der Waals surface area contributed by atoms with Crippen LogP contribution < -0.4 is 15.4 Å². The average Bonchev–Trinajstić information content (AvgIpc) is 3.21. The molecule has 9 heteroatoms. The molecule has 0 aliphatic carbocycles. The van der Waals surface area contributed by atoms with Crippen LogP contribution >= 0.6 is 0 Å². The number of aromatic nitrogens is 4. The Bertz CT molecular complexity index is 971. The summed E-state index contributed by atoms with van der Waals surface area (Å²) in [6.45, 7) is 8.53. The molecule has 3 N–H and O–H groups in total. The number of nitrogens with zero attached hydrogens (tertiary/aromatic N) is 4. The standard InChI is InChI=1S/C20H25N7O2/c1-5-28-20-14(7-6-8-22-20)15-9-16(23-10-17-27-24-11-29-17)19(25-12(2)3)18(26-15)13(4)21/h6-9,11-12,21,25H,5,10H2,1-4H3,(H,23,26). The van der Waals surface area contributed by atoms with E-state index in [2.05, 4.69) is 25.8 Å². The van der Waals surface area contributed by atoms with Crippen molar-refractivity contribution in [2.75, 3.05) is 17.2 Å². The Morgan fingerprint density at radius 2 is 2.17 bits per heavy atom. The Balaban J connectivity index is 2.11. The zero-order valence-corrected chi connectivity index (χ0v) is 17.0. The predicted octanol–water partition coefficient (Wildman–Crippen LogP) is 3.75. The summed E-state index contributed by atoms with van der Waals surface area (Å²) in [6.07, 6.45) is 2.97. The zero-order valence-electron chi connectivity index (χ0n) is 17.0. The maximum absolute atomic E-state index is 8.26. The lowest BCUT2D eigenvalue weighted by atomic mass is 10.1. The molecule has 0 unspecified atom stereocenters. The molecule has 0 aliphatic rings. The van der Waals surface area contributed by atoms with Gasteiger partial charge in [0, 0.05) is 12.2 Å². The van der Waals surface area contributed by atoms with E-state index in [-0.39, 0.29) is 6.04 Å². The van der Waals surface area contributed by atoms with Crippen molar-refractivity contribution in [3.63, 3.8) is 0 Å². The van der Waals surface area contributed by atoms with Crippen LogP contribution in [-0.4, -0.2) is 38.5 Å². The maximum atomic E-state index is 8.26. The monoisotopic (exact) mass is 395 g/mol. The fraction of sp³-hybridized carbons (Fsp3) is 0.350. The van der Waals surface area contributed by atoms with E-state index in [1.54, 1.807) is 13.1 Å². The van der Waals surface area contributed by atoms with Gasteiger partial charge in [0.15, 0.2) is 0 Å². The predicted molar refractivity (Wildman–Crippen MR) is 112 cm³/mol. The molecule has 0 saturated heterocycles. The zero-order chi connectivity index (χ0) is 20.8. The Morgan fingerprint density at radius 3 is 2.83 bits per heavy atom. The van der Waals surface area contributed by atoms with Gasteiger partial charge in [0.05, 0.1) is 41.5 Å². The summed E-state index contributed by atoms with van der Waals surface area (Å²) >= 11 is 0. The number of ether oxygens (including phenoxy) is 1. The van der Waals surface area contributed by atoms with E-state index >= 15 is 0 Å². The second kappa shape index (κ2) is 9.13. The lowest BCUT2D eigenvalue weighted by molar-refractivity contribution is 0.328. The van der Waals surface area contributed by atoms with Crippen LogP contribution in [0.1, 0.15) is 39.3 Å². The van der Waals surface area contributed by atoms with E-state index in [1.807, 2.05) is 39.0 Å². The Labute approximate surface area is 169 Å². The topological polar surface area (TPSA) is 122 Å². The van der Waals surface area contributed by atoms with Crippen molar-refractivity contribution < 1.29 is 9.15 Å². The van der Waals surface area contributed by atoms with Crippen LogP contribution in [0.2, 0.25) is 0 Å². The highest BCUT2D eigenvalue weighted by atomic mass is 16.5. The summed E-state index contributed by atoms with van der Waals surface area (Å²) in [6, 6.07) is 5.80. The molecular formula is C20H25N7O2. The molecule has 0 aromatic carbocycles. The molecule has 29 heavy (non-hydrogen) atoms. The van der Waals surface area contributed by atoms with Crippen molar-refractivity contribution in [3.8, 4) is 17.1 Å². The molecule has 0 saturated carbocycles. The van der Waals surface area contributed by atoms with E-state index in [9.17, 15) is 0 Å². The van der Waals surface area contributed by atoms with Gasteiger partial charge in [0.2, 0.25) is 18.2 Å². The number of hydrogen-bond donors (Lipinski definition) is 3. The van der Waals surface area contributed by atoms with E-state index < -0.39 is 0 Å². The van der Waals surface area contributed by atoms with Gasteiger partial charge in [0.1, 0.15) is 5.69 Å². The molecule has 0 bridgehead atoms. The van der Waals surface area contributed by atoms with Crippen LogP contribution in [0.4, 0.5) is 11.4 Å². The van der Waals surface area contributed by atoms with E-state index in [1.165, 1.54) is 6.39 Å². The third kappa shape index (κ3) is 4.87. The van der Waals surface area contributed by atoms with Crippen LogP contribution in [0.25, 0.3) is 11.3 Å². The minimum absolute atomic E-state index is 0.155. The summed E-state index contributed by atoms with van der Waals surface area (Å²) in [5.41, 5.74) is 3.83. The van der Waals surface area contributed by atoms with Crippen LogP contribution in [0.3, 0.4) is 0 Å². The molecule has 0 fully saturated rings. The Hall–Kier alpha value is -3.49. The number of nitrogens with one attached hydrogen (secondary N) is 3. The molecule has 0 atom stereocenters. The average molecular weight is 395 g/mol.